The predicted molar refractivity (Wildman–Crippen MR) is 90.3 cm³/mol. The number of hydrogen-bond donors (Lipinski definition) is 0. The van der Waals surface area contributed by atoms with Crippen LogP contribution in [0.15, 0.2) is 57.7 Å². The lowest BCUT2D eigenvalue weighted by Gasteiger charge is -2.08. The van der Waals surface area contributed by atoms with E-state index in [1.54, 1.807) is 36.4 Å². The van der Waals surface area contributed by atoms with Crippen LogP contribution in [0.5, 0.6) is 11.5 Å². The summed E-state index contributed by atoms with van der Waals surface area (Å²) in [7, 11) is 1.50. The molecule has 0 unspecified atom stereocenters. The maximum absolute atomic E-state index is 12.2. The quantitative estimate of drug-likeness (QED) is 0.521. The monoisotopic (exact) mass is 344 g/mol. The number of Topliss-reactive ketones (excluding diaryl/α,β-unsaturated/α-hetero) is 1. The van der Waals surface area contributed by atoms with Crippen molar-refractivity contribution in [3.63, 3.8) is 0 Å². The van der Waals surface area contributed by atoms with Gasteiger partial charge in [0.15, 0.2) is 12.4 Å². The van der Waals surface area contributed by atoms with Gasteiger partial charge in [0.2, 0.25) is 0 Å². The Kier molecular flexibility index (Phi) is 4.53. The Hall–Kier alpha value is -2.79. The van der Waals surface area contributed by atoms with E-state index in [2.05, 4.69) is 0 Å². The molecule has 1 aromatic heterocycles. The Morgan fingerprint density at radius 1 is 1.12 bits per heavy atom. The van der Waals surface area contributed by atoms with Crippen LogP contribution in [0.1, 0.15) is 10.4 Å². The molecule has 0 atom stereocenters. The van der Waals surface area contributed by atoms with Crippen molar-refractivity contribution in [1.82, 2.24) is 0 Å². The third kappa shape index (κ3) is 3.41. The fraction of sp³-hybridized carbons (Fsp3) is 0.111. The molecule has 2 aromatic carbocycles. The molecular weight excluding hydrogens is 332 g/mol. The standard InChI is InChI=1S/C18H13ClO5/c1-22-16-6-3-12(8-14(16)19)15(20)10-23-13-5-2-11-4-7-18(21)24-17(11)9-13/h2-9H,10H2,1H3. The molecule has 1 heterocycles. The number of carbonyl (C=O) groups excluding carboxylic acids is 1. The van der Waals surface area contributed by atoms with Gasteiger partial charge in [0.1, 0.15) is 17.1 Å². The normalized spacial score (nSPS) is 10.6. The van der Waals surface area contributed by atoms with E-state index in [-0.39, 0.29) is 12.4 Å². The lowest BCUT2D eigenvalue weighted by molar-refractivity contribution is 0.0921. The van der Waals surface area contributed by atoms with E-state index >= 15 is 0 Å². The van der Waals surface area contributed by atoms with E-state index in [0.717, 1.165) is 5.39 Å². The van der Waals surface area contributed by atoms with Gasteiger partial charge in [-0.25, -0.2) is 4.79 Å². The maximum Gasteiger partial charge on any atom is 0.336 e. The number of hydrogen-bond acceptors (Lipinski definition) is 5. The second-order valence-electron chi connectivity index (χ2n) is 5.02. The zero-order chi connectivity index (χ0) is 17.1. The highest BCUT2D eigenvalue weighted by molar-refractivity contribution is 6.32. The highest BCUT2D eigenvalue weighted by atomic mass is 35.5. The van der Waals surface area contributed by atoms with Crippen LogP contribution >= 0.6 is 11.6 Å². The Morgan fingerprint density at radius 3 is 2.67 bits per heavy atom. The smallest absolute Gasteiger partial charge is 0.336 e. The minimum atomic E-state index is -0.441. The number of carbonyl (C=O) groups is 1. The SMILES string of the molecule is COc1ccc(C(=O)COc2ccc3ccc(=O)oc3c2)cc1Cl. The lowest BCUT2D eigenvalue weighted by Crippen LogP contribution is -2.11. The van der Waals surface area contributed by atoms with Crippen molar-refractivity contribution >= 4 is 28.4 Å². The van der Waals surface area contributed by atoms with E-state index in [1.807, 2.05) is 0 Å². The Bertz CT molecular complexity index is 961. The van der Waals surface area contributed by atoms with Crippen LogP contribution in [-0.2, 0) is 0 Å². The third-order valence-corrected chi connectivity index (χ3v) is 3.73. The summed E-state index contributed by atoms with van der Waals surface area (Å²) in [6.45, 7) is -0.161. The van der Waals surface area contributed by atoms with Gasteiger partial charge >= 0.3 is 5.63 Å². The molecule has 0 fully saturated rings. The van der Waals surface area contributed by atoms with Gasteiger partial charge in [0.25, 0.3) is 0 Å². The number of benzene rings is 2. The molecule has 6 heteroatoms. The highest BCUT2D eigenvalue weighted by Crippen LogP contribution is 2.25. The van der Waals surface area contributed by atoms with E-state index in [0.29, 0.717) is 27.7 Å². The molecule has 5 nitrogen and oxygen atoms in total. The molecule has 0 N–H and O–H groups in total. The number of halogens is 1. The minimum Gasteiger partial charge on any atom is -0.495 e. The second-order valence-corrected chi connectivity index (χ2v) is 5.42. The van der Waals surface area contributed by atoms with E-state index < -0.39 is 5.63 Å². The minimum absolute atomic E-state index is 0.161. The number of ketones is 1. The van der Waals surface area contributed by atoms with Gasteiger partial charge in [0.05, 0.1) is 12.1 Å². The zero-order valence-electron chi connectivity index (χ0n) is 12.7. The van der Waals surface area contributed by atoms with Crippen molar-refractivity contribution in [3.05, 3.63) is 69.5 Å². The van der Waals surface area contributed by atoms with Crippen LogP contribution in [0.25, 0.3) is 11.0 Å². The van der Waals surface area contributed by atoms with Crippen LogP contribution in [0.4, 0.5) is 0 Å². The molecule has 3 aromatic rings. The summed E-state index contributed by atoms with van der Waals surface area (Å²) >= 11 is 6.01. The van der Waals surface area contributed by atoms with Crippen molar-refractivity contribution in [2.24, 2.45) is 0 Å². The Balaban J connectivity index is 1.74. The molecule has 0 aliphatic rings. The summed E-state index contributed by atoms with van der Waals surface area (Å²) in [5, 5.41) is 1.13. The lowest BCUT2D eigenvalue weighted by atomic mass is 10.1. The molecular formula is C18H13ClO5. The molecule has 0 spiro atoms. The van der Waals surface area contributed by atoms with Crippen molar-refractivity contribution in [2.45, 2.75) is 0 Å². The van der Waals surface area contributed by atoms with Crippen molar-refractivity contribution in [3.8, 4) is 11.5 Å². The van der Waals surface area contributed by atoms with Gasteiger partial charge in [-0.3, -0.25) is 4.79 Å². The number of ether oxygens (including phenoxy) is 2. The summed E-state index contributed by atoms with van der Waals surface area (Å²) in [4.78, 5) is 23.4. The summed E-state index contributed by atoms with van der Waals surface area (Å²) in [6.07, 6.45) is 0. The molecule has 24 heavy (non-hydrogen) atoms. The summed E-state index contributed by atoms with van der Waals surface area (Å²) in [5.41, 5.74) is 0.386. The average Bonchev–Trinajstić information content (AvgIpc) is 2.59. The van der Waals surface area contributed by atoms with Gasteiger partial charge < -0.3 is 13.9 Å². The van der Waals surface area contributed by atoms with E-state index in [9.17, 15) is 9.59 Å². The van der Waals surface area contributed by atoms with E-state index in [4.69, 9.17) is 25.5 Å². The fourth-order valence-electron chi connectivity index (χ4n) is 2.20. The van der Waals surface area contributed by atoms with Gasteiger partial charge in [0, 0.05) is 23.1 Å². The Morgan fingerprint density at radius 2 is 1.92 bits per heavy atom. The van der Waals surface area contributed by atoms with Gasteiger partial charge in [-0.05, 0) is 36.4 Å². The fourth-order valence-corrected chi connectivity index (χ4v) is 2.46. The first kappa shape index (κ1) is 16.1. The maximum atomic E-state index is 12.2. The van der Waals surface area contributed by atoms with Crippen molar-refractivity contribution < 1.29 is 18.7 Å². The second kappa shape index (κ2) is 6.76. The largest absolute Gasteiger partial charge is 0.495 e. The molecule has 0 saturated carbocycles. The first-order valence-corrected chi connectivity index (χ1v) is 7.48. The number of rotatable bonds is 5. The van der Waals surface area contributed by atoms with Gasteiger partial charge in [-0.1, -0.05) is 11.6 Å². The van der Waals surface area contributed by atoms with Crippen LogP contribution in [0.2, 0.25) is 5.02 Å². The zero-order valence-corrected chi connectivity index (χ0v) is 13.5. The number of methoxy groups -OCH3 is 1. The first-order chi connectivity index (χ1) is 11.6. The first-order valence-electron chi connectivity index (χ1n) is 7.10. The summed E-state index contributed by atoms with van der Waals surface area (Å²) < 4.78 is 15.6. The molecule has 0 saturated heterocycles. The third-order valence-electron chi connectivity index (χ3n) is 3.44. The highest BCUT2D eigenvalue weighted by Gasteiger charge is 2.10. The van der Waals surface area contributed by atoms with Gasteiger partial charge in [-0.2, -0.15) is 0 Å². The topological polar surface area (TPSA) is 65.7 Å². The molecule has 0 aliphatic heterocycles. The molecule has 122 valence electrons. The van der Waals surface area contributed by atoms with Crippen molar-refractivity contribution in [1.29, 1.82) is 0 Å². The molecule has 0 bridgehead atoms. The average molecular weight is 345 g/mol. The van der Waals surface area contributed by atoms with Crippen LogP contribution in [-0.4, -0.2) is 19.5 Å². The van der Waals surface area contributed by atoms with Crippen LogP contribution in [0, 0.1) is 0 Å². The van der Waals surface area contributed by atoms with Crippen molar-refractivity contribution in [2.75, 3.05) is 13.7 Å². The summed E-state index contributed by atoms with van der Waals surface area (Å²) in [5.74, 6) is 0.706. The molecule has 0 amide bonds. The number of fused-ring (bicyclic) bond motifs is 1. The van der Waals surface area contributed by atoms with Crippen LogP contribution < -0.4 is 15.1 Å². The molecule has 0 radical (unpaired) electrons. The van der Waals surface area contributed by atoms with E-state index in [1.165, 1.54) is 19.2 Å². The Labute approximate surface area is 142 Å². The molecule has 3 rings (SSSR count). The van der Waals surface area contributed by atoms with Gasteiger partial charge in [-0.15, -0.1) is 0 Å². The molecule has 0 aliphatic carbocycles. The predicted octanol–water partition coefficient (Wildman–Crippen LogP) is 3.72. The van der Waals surface area contributed by atoms with Crippen LogP contribution in [0.3, 0.4) is 0 Å². The summed E-state index contributed by atoms with van der Waals surface area (Å²) in [6, 6.07) is 12.8.